The molecule has 0 aliphatic carbocycles. The summed E-state index contributed by atoms with van der Waals surface area (Å²) >= 11 is 0. The molecule has 0 bridgehead atoms. The summed E-state index contributed by atoms with van der Waals surface area (Å²) < 4.78 is 0. The number of rotatable bonds is 5. The quantitative estimate of drug-likeness (QED) is 0.727. The third-order valence-corrected chi connectivity index (χ3v) is 2.27. The zero-order valence-corrected chi connectivity index (χ0v) is 9.16. The first kappa shape index (κ1) is 11.7. The molecule has 0 saturated heterocycles. The van der Waals surface area contributed by atoms with E-state index in [1.54, 1.807) is 19.1 Å². The summed E-state index contributed by atoms with van der Waals surface area (Å²) in [5, 5.41) is 12.0. The Morgan fingerprint density at radius 1 is 1.40 bits per heavy atom. The molecule has 0 saturated carbocycles. The first-order valence-corrected chi connectivity index (χ1v) is 5.12. The van der Waals surface area contributed by atoms with Crippen molar-refractivity contribution in [2.75, 3.05) is 11.9 Å². The van der Waals surface area contributed by atoms with Crippen molar-refractivity contribution in [1.82, 2.24) is 0 Å². The van der Waals surface area contributed by atoms with Gasteiger partial charge in [-0.2, -0.15) is 0 Å². The van der Waals surface area contributed by atoms with Gasteiger partial charge in [0.1, 0.15) is 0 Å². The number of Topliss-reactive ketones (excluding diaryl/α,β-unsaturated/α-hetero) is 1. The van der Waals surface area contributed by atoms with Crippen LogP contribution in [0.25, 0.3) is 0 Å². The van der Waals surface area contributed by atoms with E-state index in [1.807, 2.05) is 19.1 Å². The topological polar surface area (TPSA) is 49.3 Å². The van der Waals surface area contributed by atoms with Crippen molar-refractivity contribution in [3.63, 3.8) is 0 Å². The summed E-state index contributed by atoms with van der Waals surface area (Å²) in [6, 6.07) is 7.60. The van der Waals surface area contributed by atoms with Crippen molar-refractivity contribution in [3.8, 4) is 0 Å². The lowest BCUT2D eigenvalue weighted by atomic mass is 10.1. The minimum atomic E-state index is 0.0740. The van der Waals surface area contributed by atoms with Crippen molar-refractivity contribution in [1.29, 1.82) is 0 Å². The molecule has 3 nitrogen and oxygen atoms in total. The highest BCUT2D eigenvalue weighted by atomic mass is 16.3. The molecular formula is C12H17NO2. The number of nitrogens with one attached hydrogen (secondary N) is 1. The van der Waals surface area contributed by atoms with Crippen LogP contribution in [0, 0.1) is 0 Å². The largest absolute Gasteiger partial charge is 0.396 e. The first-order valence-electron chi connectivity index (χ1n) is 5.12. The predicted octanol–water partition coefficient (Wildman–Crippen LogP) is 2.07. The van der Waals surface area contributed by atoms with Crippen LogP contribution in [0.1, 0.15) is 30.6 Å². The van der Waals surface area contributed by atoms with E-state index in [4.69, 9.17) is 5.11 Å². The van der Waals surface area contributed by atoms with E-state index in [9.17, 15) is 4.79 Å². The van der Waals surface area contributed by atoms with E-state index in [0.717, 1.165) is 11.3 Å². The van der Waals surface area contributed by atoms with Crippen LogP contribution in [0.2, 0.25) is 0 Å². The fourth-order valence-corrected chi connectivity index (χ4v) is 1.35. The smallest absolute Gasteiger partial charge is 0.159 e. The Labute approximate surface area is 90.1 Å². The second kappa shape index (κ2) is 5.51. The maximum Gasteiger partial charge on any atom is 0.159 e. The Kier molecular flexibility index (Phi) is 4.31. The van der Waals surface area contributed by atoms with Gasteiger partial charge in [0.15, 0.2) is 5.78 Å². The number of carbonyl (C=O) groups excluding carboxylic acids is 1. The van der Waals surface area contributed by atoms with Gasteiger partial charge in [0.2, 0.25) is 0 Å². The minimum absolute atomic E-state index is 0.0740. The van der Waals surface area contributed by atoms with Crippen LogP contribution in [0.4, 0.5) is 5.69 Å². The number of hydrogen-bond donors (Lipinski definition) is 2. The summed E-state index contributed by atoms with van der Waals surface area (Å²) in [5.74, 6) is 0.0740. The van der Waals surface area contributed by atoms with Gasteiger partial charge < -0.3 is 10.4 Å². The number of carbonyl (C=O) groups is 1. The third kappa shape index (κ3) is 3.72. The van der Waals surface area contributed by atoms with Crippen molar-refractivity contribution < 1.29 is 9.90 Å². The molecule has 1 aromatic rings. The number of hydrogen-bond acceptors (Lipinski definition) is 3. The molecule has 1 atom stereocenters. The molecule has 0 spiro atoms. The van der Waals surface area contributed by atoms with Gasteiger partial charge in [-0.3, -0.25) is 4.79 Å². The fraction of sp³-hybridized carbons (Fsp3) is 0.417. The third-order valence-electron chi connectivity index (χ3n) is 2.27. The van der Waals surface area contributed by atoms with Gasteiger partial charge in [0.05, 0.1) is 0 Å². The molecule has 3 heteroatoms. The molecule has 1 unspecified atom stereocenters. The molecule has 0 amide bonds. The number of aliphatic hydroxyl groups is 1. The minimum Gasteiger partial charge on any atom is -0.396 e. The van der Waals surface area contributed by atoms with Crippen LogP contribution in [0.3, 0.4) is 0 Å². The van der Waals surface area contributed by atoms with Crippen LogP contribution in [-0.2, 0) is 0 Å². The van der Waals surface area contributed by atoms with Gasteiger partial charge in [-0.15, -0.1) is 0 Å². The Morgan fingerprint density at radius 3 is 2.47 bits per heavy atom. The number of anilines is 1. The molecule has 2 N–H and O–H groups in total. The maximum atomic E-state index is 11.0. The lowest BCUT2D eigenvalue weighted by Crippen LogP contribution is -2.16. The van der Waals surface area contributed by atoms with E-state index in [1.165, 1.54) is 0 Å². The van der Waals surface area contributed by atoms with Gasteiger partial charge in [-0.25, -0.2) is 0 Å². The number of benzene rings is 1. The van der Waals surface area contributed by atoms with Crippen LogP contribution in [0.5, 0.6) is 0 Å². The van der Waals surface area contributed by atoms with Crippen molar-refractivity contribution in [2.24, 2.45) is 0 Å². The Balaban J connectivity index is 2.60. The monoisotopic (exact) mass is 207 g/mol. The Bertz CT molecular complexity index is 319. The molecule has 0 aromatic heterocycles. The van der Waals surface area contributed by atoms with Gasteiger partial charge >= 0.3 is 0 Å². The van der Waals surface area contributed by atoms with Crippen molar-refractivity contribution in [2.45, 2.75) is 26.3 Å². The molecular weight excluding hydrogens is 190 g/mol. The van der Waals surface area contributed by atoms with Gasteiger partial charge in [-0.05, 0) is 44.5 Å². The second-order valence-corrected chi connectivity index (χ2v) is 3.69. The molecule has 1 rings (SSSR count). The maximum absolute atomic E-state index is 11.0. The lowest BCUT2D eigenvalue weighted by Gasteiger charge is -2.13. The zero-order chi connectivity index (χ0) is 11.3. The SMILES string of the molecule is CC(=O)c1ccc(NC(C)CCO)cc1. The van der Waals surface area contributed by atoms with Gasteiger partial charge in [0, 0.05) is 23.9 Å². The van der Waals surface area contributed by atoms with E-state index < -0.39 is 0 Å². The van der Waals surface area contributed by atoms with Gasteiger partial charge in [0.25, 0.3) is 0 Å². The van der Waals surface area contributed by atoms with Crippen molar-refractivity contribution in [3.05, 3.63) is 29.8 Å². The summed E-state index contributed by atoms with van der Waals surface area (Å²) in [4.78, 5) is 11.0. The molecule has 0 radical (unpaired) electrons. The molecule has 82 valence electrons. The Hall–Kier alpha value is -1.35. The van der Waals surface area contributed by atoms with E-state index in [-0.39, 0.29) is 18.4 Å². The highest BCUT2D eigenvalue weighted by Gasteiger charge is 2.02. The zero-order valence-electron chi connectivity index (χ0n) is 9.16. The van der Waals surface area contributed by atoms with E-state index in [0.29, 0.717) is 6.42 Å². The van der Waals surface area contributed by atoms with E-state index in [2.05, 4.69) is 5.32 Å². The van der Waals surface area contributed by atoms with Crippen LogP contribution in [0.15, 0.2) is 24.3 Å². The van der Waals surface area contributed by atoms with Crippen LogP contribution in [-0.4, -0.2) is 23.5 Å². The van der Waals surface area contributed by atoms with Crippen LogP contribution < -0.4 is 5.32 Å². The number of aliphatic hydroxyl groups excluding tert-OH is 1. The first-order chi connectivity index (χ1) is 7.13. The highest BCUT2D eigenvalue weighted by Crippen LogP contribution is 2.11. The standard InChI is InChI=1S/C12H17NO2/c1-9(7-8-14)13-12-5-3-11(4-6-12)10(2)15/h3-6,9,13-14H,7-8H2,1-2H3. The number of ketones is 1. The molecule has 0 aliphatic rings. The average Bonchev–Trinajstić information content (AvgIpc) is 2.18. The average molecular weight is 207 g/mol. The molecule has 1 aromatic carbocycles. The molecule has 0 fully saturated rings. The Morgan fingerprint density at radius 2 is 2.00 bits per heavy atom. The highest BCUT2D eigenvalue weighted by molar-refractivity contribution is 5.94. The molecule has 0 aliphatic heterocycles. The van der Waals surface area contributed by atoms with Gasteiger partial charge in [-0.1, -0.05) is 0 Å². The summed E-state index contributed by atoms with van der Waals surface area (Å²) in [5.41, 5.74) is 1.69. The summed E-state index contributed by atoms with van der Waals surface area (Å²) in [7, 11) is 0. The van der Waals surface area contributed by atoms with E-state index >= 15 is 0 Å². The normalized spacial score (nSPS) is 12.2. The lowest BCUT2D eigenvalue weighted by molar-refractivity contribution is 0.101. The molecule has 0 heterocycles. The second-order valence-electron chi connectivity index (χ2n) is 3.69. The molecule has 15 heavy (non-hydrogen) atoms. The predicted molar refractivity (Wildman–Crippen MR) is 61.2 cm³/mol. The van der Waals surface area contributed by atoms with Crippen molar-refractivity contribution >= 4 is 11.5 Å². The summed E-state index contributed by atoms with van der Waals surface area (Å²) in [6.07, 6.45) is 0.717. The van der Waals surface area contributed by atoms with Crippen LogP contribution >= 0.6 is 0 Å². The fourth-order valence-electron chi connectivity index (χ4n) is 1.35. The summed E-state index contributed by atoms with van der Waals surface area (Å²) in [6.45, 7) is 3.74.